The van der Waals surface area contributed by atoms with Crippen molar-refractivity contribution >= 4 is 17.0 Å². The second-order valence-electron chi connectivity index (χ2n) is 6.44. The topological polar surface area (TPSA) is 74.3 Å². The molecule has 0 radical (unpaired) electrons. The Labute approximate surface area is 160 Å². The van der Waals surface area contributed by atoms with Crippen molar-refractivity contribution in [2.75, 3.05) is 27.2 Å². The van der Waals surface area contributed by atoms with Crippen molar-refractivity contribution in [1.82, 2.24) is 20.6 Å². The van der Waals surface area contributed by atoms with Gasteiger partial charge in [0.15, 0.2) is 5.96 Å². The molecule has 27 heavy (non-hydrogen) atoms. The highest BCUT2D eigenvalue weighted by Gasteiger charge is 2.05. The van der Waals surface area contributed by atoms with Gasteiger partial charge in [-0.05, 0) is 37.1 Å². The van der Waals surface area contributed by atoms with Gasteiger partial charge in [0.1, 0.15) is 11.6 Å². The minimum Gasteiger partial charge on any atom is -0.496 e. The van der Waals surface area contributed by atoms with E-state index in [0.717, 1.165) is 54.5 Å². The number of hydrogen-bond acceptors (Lipinski definition) is 3. The van der Waals surface area contributed by atoms with Crippen LogP contribution in [-0.4, -0.2) is 43.2 Å². The Morgan fingerprint density at radius 2 is 1.89 bits per heavy atom. The quantitative estimate of drug-likeness (QED) is 0.445. The van der Waals surface area contributed by atoms with E-state index in [1.54, 1.807) is 14.2 Å². The number of nitrogens with zero attached hydrogens (tertiary/aromatic N) is 2. The molecule has 0 atom stereocenters. The second kappa shape index (κ2) is 9.07. The SMILES string of the molecule is CN=C(NCCc1nc2ccccc2[nH]1)NCCc1cc(C)ccc1OC. The molecule has 3 N–H and O–H groups in total. The Hall–Kier alpha value is -3.02. The van der Waals surface area contributed by atoms with Gasteiger partial charge in [-0.15, -0.1) is 0 Å². The van der Waals surface area contributed by atoms with Crippen molar-refractivity contribution in [3.8, 4) is 5.75 Å². The van der Waals surface area contributed by atoms with E-state index in [2.05, 4.69) is 44.7 Å². The van der Waals surface area contributed by atoms with Crippen LogP contribution in [0.25, 0.3) is 11.0 Å². The minimum atomic E-state index is 0.757. The highest BCUT2D eigenvalue weighted by Crippen LogP contribution is 2.19. The predicted octanol–water partition coefficient (Wildman–Crippen LogP) is 2.83. The Balaban J connectivity index is 1.46. The Morgan fingerprint density at radius 3 is 2.63 bits per heavy atom. The van der Waals surface area contributed by atoms with Crippen LogP contribution >= 0.6 is 0 Å². The predicted molar refractivity (Wildman–Crippen MR) is 111 cm³/mol. The Kier molecular flexibility index (Phi) is 6.30. The number of aliphatic imine (C=N–C) groups is 1. The zero-order chi connectivity index (χ0) is 19.1. The number of hydrogen-bond donors (Lipinski definition) is 3. The average Bonchev–Trinajstić information content (AvgIpc) is 3.09. The van der Waals surface area contributed by atoms with E-state index < -0.39 is 0 Å². The van der Waals surface area contributed by atoms with E-state index in [4.69, 9.17) is 4.74 Å². The first kappa shape index (κ1) is 18.8. The summed E-state index contributed by atoms with van der Waals surface area (Å²) in [5.41, 5.74) is 4.51. The lowest BCUT2D eigenvalue weighted by Crippen LogP contribution is -2.39. The molecule has 0 unspecified atom stereocenters. The molecular weight excluding hydrogens is 338 g/mol. The normalized spacial score (nSPS) is 11.6. The van der Waals surface area contributed by atoms with Gasteiger partial charge >= 0.3 is 0 Å². The number of aromatic amines is 1. The molecule has 0 fully saturated rings. The number of benzene rings is 2. The van der Waals surface area contributed by atoms with Crippen LogP contribution in [0.2, 0.25) is 0 Å². The van der Waals surface area contributed by atoms with Gasteiger partial charge in [0.05, 0.1) is 18.1 Å². The van der Waals surface area contributed by atoms with Gasteiger partial charge in [-0.2, -0.15) is 0 Å². The molecule has 0 aliphatic rings. The summed E-state index contributed by atoms with van der Waals surface area (Å²) >= 11 is 0. The van der Waals surface area contributed by atoms with Crippen molar-refractivity contribution in [2.45, 2.75) is 19.8 Å². The molecule has 3 rings (SSSR count). The summed E-state index contributed by atoms with van der Waals surface area (Å²) in [6, 6.07) is 14.3. The van der Waals surface area contributed by atoms with Crippen molar-refractivity contribution in [3.63, 3.8) is 0 Å². The number of aryl methyl sites for hydroxylation is 1. The molecule has 0 bridgehead atoms. The average molecular weight is 365 g/mol. The lowest BCUT2D eigenvalue weighted by atomic mass is 10.1. The molecule has 0 amide bonds. The number of imidazole rings is 1. The van der Waals surface area contributed by atoms with Crippen molar-refractivity contribution < 1.29 is 4.74 Å². The summed E-state index contributed by atoms with van der Waals surface area (Å²) in [7, 11) is 3.49. The standard InChI is InChI=1S/C21H27N5O/c1-15-8-9-19(27-3)16(14-15)10-12-23-21(22-2)24-13-11-20-25-17-6-4-5-7-18(17)26-20/h4-9,14H,10-13H2,1-3H3,(H,25,26)(H2,22,23,24). The molecule has 1 heterocycles. The van der Waals surface area contributed by atoms with Crippen LogP contribution in [0.3, 0.4) is 0 Å². The zero-order valence-corrected chi connectivity index (χ0v) is 16.2. The van der Waals surface area contributed by atoms with E-state index in [1.165, 1.54) is 11.1 Å². The first-order valence-corrected chi connectivity index (χ1v) is 9.21. The van der Waals surface area contributed by atoms with E-state index >= 15 is 0 Å². The third-order valence-corrected chi connectivity index (χ3v) is 4.44. The first-order chi connectivity index (χ1) is 13.2. The van der Waals surface area contributed by atoms with Gasteiger partial charge in [0.2, 0.25) is 0 Å². The monoisotopic (exact) mass is 365 g/mol. The van der Waals surface area contributed by atoms with Crippen LogP contribution < -0.4 is 15.4 Å². The van der Waals surface area contributed by atoms with E-state index in [1.807, 2.05) is 30.3 Å². The highest BCUT2D eigenvalue weighted by molar-refractivity contribution is 5.79. The van der Waals surface area contributed by atoms with Crippen LogP contribution in [0, 0.1) is 6.92 Å². The van der Waals surface area contributed by atoms with Gasteiger partial charge < -0.3 is 20.4 Å². The maximum absolute atomic E-state index is 5.44. The van der Waals surface area contributed by atoms with E-state index in [9.17, 15) is 0 Å². The fourth-order valence-electron chi connectivity index (χ4n) is 3.06. The summed E-state index contributed by atoms with van der Waals surface area (Å²) in [5.74, 6) is 2.69. The third-order valence-electron chi connectivity index (χ3n) is 4.44. The van der Waals surface area contributed by atoms with Crippen LogP contribution in [0.15, 0.2) is 47.5 Å². The molecule has 1 aromatic heterocycles. The number of rotatable bonds is 7. The summed E-state index contributed by atoms with van der Waals surface area (Å²) in [5, 5.41) is 6.69. The molecule has 6 heteroatoms. The fraction of sp³-hybridized carbons (Fsp3) is 0.333. The molecule has 6 nitrogen and oxygen atoms in total. The largest absolute Gasteiger partial charge is 0.496 e. The summed E-state index contributed by atoms with van der Waals surface area (Å²) < 4.78 is 5.44. The molecule has 2 aromatic carbocycles. The zero-order valence-electron chi connectivity index (χ0n) is 16.2. The summed E-state index contributed by atoms with van der Waals surface area (Å²) in [6.45, 7) is 3.63. The lowest BCUT2D eigenvalue weighted by molar-refractivity contribution is 0.409. The maximum Gasteiger partial charge on any atom is 0.191 e. The summed E-state index contributed by atoms with van der Waals surface area (Å²) in [4.78, 5) is 12.2. The van der Waals surface area contributed by atoms with E-state index in [0.29, 0.717) is 0 Å². The second-order valence-corrected chi connectivity index (χ2v) is 6.44. The number of para-hydroxylation sites is 2. The number of H-pyrrole nitrogens is 1. The third kappa shape index (κ3) is 5.00. The van der Waals surface area contributed by atoms with Crippen LogP contribution in [0.4, 0.5) is 0 Å². The molecule has 0 saturated carbocycles. The van der Waals surface area contributed by atoms with Crippen molar-refractivity contribution in [1.29, 1.82) is 0 Å². The molecular formula is C21H27N5O. The van der Waals surface area contributed by atoms with Gasteiger partial charge in [0.25, 0.3) is 0 Å². The van der Waals surface area contributed by atoms with Crippen LogP contribution in [0.5, 0.6) is 5.75 Å². The highest BCUT2D eigenvalue weighted by atomic mass is 16.5. The lowest BCUT2D eigenvalue weighted by Gasteiger charge is -2.13. The van der Waals surface area contributed by atoms with Gasteiger partial charge in [0, 0.05) is 26.6 Å². The minimum absolute atomic E-state index is 0.757. The molecule has 0 aliphatic heterocycles. The van der Waals surface area contributed by atoms with Crippen LogP contribution in [-0.2, 0) is 12.8 Å². The number of ether oxygens (including phenoxy) is 1. The summed E-state index contributed by atoms with van der Waals surface area (Å²) in [6.07, 6.45) is 1.68. The smallest absolute Gasteiger partial charge is 0.191 e. The number of methoxy groups -OCH3 is 1. The van der Waals surface area contributed by atoms with Crippen molar-refractivity contribution in [3.05, 3.63) is 59.4 Å². The fourth-order valence-corrected chi connectivity index (χ4v) is 3.06. The molecule has 0 saturated heterocycles. The molecule has 142 valence electrons. The Bertz CT molecular complexity index is 883. The van der Waals surface area contributed by atoms with Crippen LogP contribution in [0.1, 0.15) is 17.0 Å². The van der Waals surface area contributed by atoms with Gasteiger partial charge in [-0.1, -0.05) is 29.8 Å². The molecule has 0 aliphatic carbocycles. The van der Waals surface area contributed by atoms with Gasteiger partial charge in [-0.25, -0.2) is 4.98 Å². The maximum atomic E-state index is 5.44. The number of aromatic nitrogens is 2. The Morgan fingerprint density at radius 1 is 1.11 bits per heavy atom. The van der Waals surface area contributed by atoms with E-state index in [-0.39, 0.29) is 0 Å². The first-order valence-electron chi connectivity index (χ1n) is 9.21. The van der Waals surface area contributed by atoms with Gasteiger partial charge in [-0.3, -0.25) is 4.99 Å². The number of fused-ring (bicyclic) bond motifs is 1. The van der Waals surface area contributed by atoms with Crippen molar-refractivity contribution in [2.24, 2.45) is 4.99 Å². The molecule has 0 spiro atoms. The number of guanidine groups is 1. The molecule has 3 aromatic rings. The number of nitrogens with one attached hydrogen (secondary N) is 3.